The molecule has 1 heterocycles. The lowest BCUT2D eigenvalue weighted by atomic mass is 9.79. The summed E-state index contributed by atoms with van der Waals surface area (Å²) in [5.41, 5.74) is 6.25. The molecule has 2 heteroatoms. The molecule has 18 heavy (non-hydrogen) atoms. The van der Waals surface area contributed by atoms with Crippen LogP contribution < -0.4 is 5.73 Å². The smallest absolute Gasteiger partial charge is 0.0194 e. The average molecular weight is 252 g/mol. The highest BCUT2D eigenvalue weighted by Gasteiger charge is 2.31. The Labute approximate surface area is 113 Å². The summed E-state index contributed by atoms with van der Waals surface area (Å²) >= 11 is 0. The molecule has 1 saturated heterocycles. The minimum atomic E-state index is 0.407. The predicted octanol–water partition coefficient (Wildman–Crippen LogP) is 3.26. The largest absolute Gasteiger partial charge is 0.326 e. The first-order valence-electron chi connectivity index (χ1n) is 8.06. The highest BCUT2D eigenvalue weighted by Crippen LogP contribution is 2.33. The molecule has 0 spiro atoms. The van der Waals surface area contributed by atoms with Crippen LogP contribution in [0.25, 0.3) is 0 Å². The van der Waals surface area contributed by atoms with Crippen molar-refractivity contribution >= 4 is 0 Å². The first kappa shape index (κ1) is 14.3. The van der Waals surface area contributed by atoms with Crippen LogP contribution in [0.3, 0.4) is 0 Å². The Hall–Kier alpha value is -0.0800. The third kappa shape index (κ3) is 3.71. The van der Waals surface area contributed by atoms with Gasteiger partial charge in [0.2, 0.25) is 0 Å². The van der Waals surface area contributed by atoms with Crippen molar-refractivity contribution in [3.63, 3.8) is 0 Å². The summed E-state index contributed by atoms with van der Waals surface area (Å²) in [7, 11) is 0. The second kappa shape index (κ2) is 6.38. The zero-order valence-electron chi connectivity index (χ0n) is 12.6. The van der Waals surface area contributed by atoms with Gasteiger partial charge in [-0.25, -0.2) is 0 Å². The Morgan fingerprint density at radius 1 is 1.22 bits per heavy atom. The van der Waals surface area contributed by atoms with Crippen LogP contribution in [0.5, 0.6) is 0 Å². The standard InChI is InChI=1S/C16H32N2/c1-12(2)9-14-5-4-6-15(10-14)18-8-7-13(3)16(17)11-18/h12-16H,4-11,17H2,1-3H3. The van der Waals surface area contributed by atoms with Gasteiger partial charge in [-0.15, -0.1) is 0 Å². The van der Waals surface area contributed by atoms with E-state index in [2.05, 4.69) is 25.7 Å². The molecule has 4 unspecified atom stereocenters. The van der Waals surface area contributed by atoms with Gasteiger partial charge in [-0.3, -0.25) is 4.90 Å². The zero-order chi connectivity index (χ0) is 13.1. The van der Waals surface area contributed by atoms with Crippen LogP contribution in [0, 0.1) is 17.8 Å². The molecule has 2 aliphatic rings. The predicted molar refractivity (Wildman–Crippen MR) is 78.5 cm³/mol. The van der Waals surface area contributed by atoms with E-state index in [-0.39, 0.29) is 0 Å². The van der Waals surface area contributed by atoms with Gasteiger partial charge in [0.25, 0.3) is 0 Å². The normalized spacial score (nSPS) is 39.2. The lowest BCUT2D eigenvalue weighted by Crippen LogP contribution is -2.52. The number of likely N-dealkylation sites (tertiary alicyclic amines) is 1. The molecule has 2 fully saturated rings. The van der Waals surface area contributed by atoms with E-state index in [1.807, 2.05) is 0 Å². The highest BCUT2D eigenvalue weighted by atomic mass is 15.2. The van der Waals surface area contributed by atoms with E-state index < -0.39 is 0 Å². The van der Waals surface area contributed by atoms with Crippen LogP contribution in [-0.2, 0) is 0 Å². The van der Waals surface area contributed by atoms with Crippen molar-refractivity contribution in [1.29, 1.82) is 0 Å². The van der Waals surface area contributed by atoms with E-state index >= 15 is 0 Å². The number of piperidine rings is 1. The van der Waals surface area contributed by atoms with Gasteiger partial charge in [0, 0.05) is 18.6 Å². The maximum Gasteiger partial charge on any atom is 0.0194 e. The molecule has 1 aliphatic heterocycles. The molecule has 0 amide bonds. The average Bonchev–Trinajstić information content (AvgIpc) is 2.32. The van der Waals surface area contributed by atoms with Gasteiger partial charge < -0.3 is 5.73 Å². The molecule has 4 atom stereocenters. The Kier molecular flexibility index (Phi) is 5.08. The lowest BCUT2D eigenvalue weighted by molar-refractivity contribution is 0.0773. The fraction of sp³-hybridized carbons (Fsp3) is 1.00. The number of hydrogen-bond donors (Lipinski definition) is 1. The molecule has 106 valence electrons. The van der Waals surface area contributed by atoms with E-state index in [1.54, 1.807) is 0 Å². The summed E-state index contributed by atoms with van der Waals surface area (Å²) in [6.07, 6.45) is 8.46. The van der Waals surface area contributed by atoms with Crippen molar-refractivity contribution in [2.45, 2.75) is 71.4 Å². The number of rotatable bonds is 3. The van der Waals surface area contributed by atoms with E-state index in [9.17, 15) is 0 Å². The number of hydrogen-bond acceptors (Lipinski definition) is 2. The first-order valence-corrected chi connectivity index (χ1v) is 8.06. The van der Waals surface area contributed by atoms with Gasteiger partial charge in [0.1, 0.15) is 0 Å². The summed E-state index contributed by atoms with van der Waals surface area (Å²) < 4.78 is 0. The molecule has 0 aromatic carbocycles. The van der Waals surface area contributed by atoms with Crippen LogP contribution in [-0.4, -0.2) is 30.1 Å². The maximum atomic E-state index is 6.25. The molecular formula is C16H32N2. The van der Waals surface area contributed by atoms with Crippen LogP contribution in [0.4, 0.5) is 0 Å². The highest BCUT2D eigenvalue weighted by molar-refractivity contribution is 4.87. The molecule has 2 N–H and O–H groups in total. The monoisotopic (exact) mass is 252 g/mol. The number of nitrogens with zero attached hydrogens (tertiary/aromatic N) is 1. The molecule has 0 aromatic rings. The fourth-order valence-electron chi connectivity index (χ4n) is 3.93. The number of nitrogens with two attached hydrogens (primary N) is 1. The first-order chi connectivity index (χ1) is 8.56. The summed E-state index contributed by atoms with van der Waals surface area (Å²) in [5.74, 6) is 2.55. The van der Waals surface area contributed by atoms with Crippen molar-refractivity contribution in [2.75, 3.05) is 13.1 Å². The lowest BCUT2D eigenvalue weighted by Gasteiger charge is -2.43. The van der Waals surface area contributed by atoms with Crippen molar-refractivity contribution in [1.82, 2.24) is 4.90 Å². The molecule has 1 aliphatic carbocycles. The topological polar surface area (TPSA) is 29.3 Å². The summed E-state index contributed by atoms with van der Waals surface area (Å²) in [5, 5.41) is 0. The van der Waals surface area contributed by atoms with E-state index in [1.165, 1.54) is 45.1 Å². The van der Waals surface area contributed by atoms with Gasteiger partial charge in [-0.1, -0.05) is 33.6 Å². The molecule has 0 radical (unpaired) electrons. The van der Waals surface area contributed by atoms with E-state index in [0.717, 1.165) is 30.3 Å². The molecule has 2 nitrogen and oxygen atoms in total. The molecule has 0 bridgehead atoms. The minimum absolute atomic E-state index is 0.407. The second-order valence-electron chi connectivity index (χ2n) is 7.24. The SMILES string of the molecule is CC(C)CC1CCCC(N2CCC(C)C(N)C2)C1. The summed E-state index contributed by atoms with van der Waals surface area (Å²) in [6.45, 7) is 9.46. The van der Waals surface area contributed by atoms with Gasteiger partial charge in [-0.2, -0.15) is 0 Å². The van der Waals surface area contributed by atoms with Gasteiger partial charge >= 0.3 is 0 Å². The zero-order valence-corrected chi connectivity index (χ0v) is 12.6. The summed E-state index contributed by atoms with van der Waals surface area (Å²) in [6, 6.07) is 1.24. The van der Waals surface area contributed by atoms with Crippen LogP contribution >= 0.6 is 0 Å². The Balaban J connectivity index is 1.85. The fourth-order valence-corrected chi connectivity index (χ4v) is 3.93. The van der Waals surface area contributed by atoms with E-state index in [0.29, 0.717) is 6.04 Å². The maximum absolute atomic E-state index is 6.25. The third-order valence-electron chi connectivity index (χ3n) is 5.12. The molecule has 2 rings (SSSR count). The molecular weight excluding hydrogens is 220 g/mol. The minimum Gasteiger partial charge on any atom is -0.326 e. The van der Waals surface area contributed by atoms with Crippen LogP contribution in [0.15, 0.2) is 0 Å². The summed E-state index contributed by atoms with van der Waals surface area (Å²) in [4.78, 5) is 2.71. The van der Waals surface area contributed by atoms with Crippen molar-refractivity contribution in [3.05, 3.63) is 0 Å². The Morgan fingerprint density at radius 3 is 2.67 bits per heavy atom. The quantitative estimate of drug-likeness (QED) is 0.835. The second-order valence-corrected chi connectivity index (χ2v) is 7.24. The van der Waals surface area contributed by atoms with E-state index in [4.69, 9.17) is 5.73 Å². The van der Waals surface area contributed by atoms with Crippen LogP contribution in [0.2, 0.25) is 0 Å². The van der Waals surface area contributed by atoms with Crippen LogP contribution in [0.1, 0.15) is 59.3 Å². The Bertz CT molecular complexity index is 251. The van der Waals surface area contributed by atoms with Gasteiger partial charge in [0.15, 0.2) is 0 Å². The Morgan fingerprint density at radius 2 is 2.00 bits per heavy atom. The van der Waals surface area contributed by atoms with Gasteiger partial charge in [-0.05, 0) is 50.0 Å². The third-order valence-corrected chi connectivity index (χ3v) is 5.12. The van der Waals surface area contributed by atoms with Gasteiger partial charge in [0.05, 0.1) is 0 Å². The molecule has 1 saturated carbocycles. The van der Waals surface area contributed by atoms with Crippen molar-refractivity contribution in [3.8, 4) is 0 Å². The van der Waals surface area contributed by atoms with Crippen molar-refractivity contribution < 1.29 is 0 Å². The molecule has 0 aromatic heterocycles. The van der Waals surface area contributed by atoms with Crippen molar-refractivity contribution in [2.24, 2.45) is 23.5 Å².